The van der Waals surface area contributed by atoms with E-state index >= 15 is 0 Å². The van der Waals surface area contributed by atoms with E-state index in [1.54, 1.807) is 0 Å². The maximum Gasteiger partial charge on any atom is 0.0706 e. The number of aromatic nitrogens is 2. The minimum absolute atomic E-state index is 0.165. The lowest BCUT2D eigenvalue weighted by Crippen LogP contribution is -2.31. The van der Waals surface area contributed by atoms with E-state index in [0.29, 0.717) is 0 Å². The first-order chi connectivity index (χ1) is 7.85. The highest BCUT2D eigenvalue weighted by atomic mass is 16.3. The van der Waals surface area contributed by atoms with Gasteiger partial charge in [-0.2, -0.15) is 5.10 Å². The molecule has 0 aliphatic heterocycles. The second kappa shape index (κ2) is 5.09. The van der Waals surface area contributed by atoms with E-state index in [1.165, 1.54) is 0 Å². The maximum atomic E-state index is 9.08. The van der Waals surface area contributed by atoms with Gasteiger partial charge < -0.3 is 10.4 Å². The van der Waals surface area contributed by atoms with E-state index in [4.69, 9.17) is 5.11 Å². The average Bonchev–Trinajstić information content (AvgIpc) is 2.74. The molecule has 4 heteroatoms. The number of pyridine rings is 1. The van der Waals surface area contributed by atoms with Crippen LogP contribution in [0.1, 0.15) is 18.9 Å². The predicted octanol–water partition coefficient (Wildman–Crippen LogP) is 1.19. The SMILES string of the molecule is CCC(CO)NCc1cnn2ccccc12. The Morgan fingerprint density at radius 2 is 2.38 bits per heavy atom. The summed E-state index contributed by atoms with van der Waals surface area (Å²) in [5.41, 5.74) is 2.27. The fraction of sp³-hybridized carbons (Fsp3) is 0.417. The van der Waals surface area contributed by atoms with Crippen molar-refractivity contribution in [3.05, 3.63) is 36.2 Å². The number of hydrogen-bond donors (Lipinski definition) is 2. The molecule has 2 heterocycles. The third-order valence-electron chi connectivity index (χ3n) is 2.80. The first-order valence-electron chi connectivity index (χ1n) is 5.60. The number of nitrogens with one attached hydrogen (secondary N) is 1. The molecule has 0 aromatic carbocycles. The molecule has 0 aliphatic carbocycles. The van der Waals surface area contributed by atoms with Crippen molar-refractivity contribution in [3.63, 3.8) is 0 Å². The first-order valence-corrected chi connectivity index (χ1v) is 5.60. The highest BCUT2D eigenvalue weighted by Crippen LogP contribution is 2.09. The third-order valence-corrected chi connectivity index (χ3v) is 2.80. The molecule has 2 aromatic heterocycles. The summed E-state index contributed by atoms with van der Waals surface area (Å²) >= 11 is 0. The Bertz CT molecular complexity index is 448. The molecule has 1 unspecified atom stereocenters. The third kappa shape index (κ3) is 2.23. The van der Waals surface area contributed by atoms with Crippen LogP contribution in [0.3, 0.4) is 0 Å². The van der Waals surface area contributed by atoms with Gasteiger partial charge in [0.15, 0.2) is 0 Å². The van der Waals surface area contributed by atoms with Crippen molar-refractivity contribution in [3.8, 4) is 0 Å². The molecule has 2 N–H and O–H groups in total. The summed E-state index contributed by atoms with van der Waals surface area (Å²) in [5, 5.41) is 16.7. The molecule has 86 valence electrons. The summed E-state index contributed by atoms with van der Waals surface area (Å²) < 4.78 is 1.86. The number of fused-ring (bicyclic) bond motifs is 1. The fourth-order valence-electron chi connectivity index (χ4n) is 1.72. The zero-order valence-corrected chi connectivity index (χ0v) is 9.43. The van der Waals surface area contributed by atoms with Crippen LogP contribution in [0, 0.1) is 0 Å². The smallest absolute Gasteiger partial charge is 0.0706 e. The number of hydrogen-bond acceptors (Lipinski definition) is 3. The Kier molecular flexibility index (Phi) is 3.54. The molecule has 4 nitrogen and oxygen atoms in total. The van der Waals surface area contributed by atoms with Crippen molar-refractivity contribution >= 4 is 5.52 Å². The Morgan fingerprint density at radius 3 is 3.12 bits per heavy atom. The van der Waals surface area contributed by atoms with Crippen LogP contribution in [0.25, 0.3) is 5.52 Å². The molecule has 0 radical (unpaired) electrons. The minimum Gasteiger partial charge on any atom is -0.395 e. The van der Waals surface area contributed by atoms with Crippen LogP contribution >= 0.6 is 0 Å². The summed E-state index contributed by atoms with van der Waals surface area (Å²) in [6.07, 6.45) is 4.73. The Labute approximate surface area is 94.9 Å². The highest BCUT2D eigenvalue weighted by molar-refractivity contribution is 5.53. The lowest BCUT2D eigenvalue weighted by atomic mass is 10.2. The van der Waals surface area contributed by atoms with Gasteiger partial charge in [-0.25, -0.2) is 4.52 Å². The fourth-order valence-corrected chi connectivity index (χ4v) is 1.72. The molecule has 0 fully saturated rings. The van der Waals surface area contributed by atoms with Crippen molar-refractivity contribution in [1.29, 1.82) is 0 Å². The number of rotatable bonds is 5. The van der Waals surface area contributed by atoms with Gasteiger partial charge in [0.1, 0.15) is 0 Å². The molecule has 2 aromatic rings. The van der Waals surface area contributed by atoms with Crippen LogP contribution in [0.15, 0.2) is 30.6 Å². The van der Waals surface area contributed by atoms with Gasteiger partial charge in [-0.3, -0.25) is 0 Å². The van der Waals surface area contributed by atoms with Crippen molar-refractivity contribution in [2.75, 3.05) is 6.61 Å². The molecular formula is C12H17N3O. The van der Waals surface area contributed by atoms with Gasteiger partial charge in [0.2, 0.25) is 0 Å². The summed E-state index contributed by atoms with van der Waals surface area (Å²) in [4.78, 5) is 0. The molecule has 0 amide bonds. The largest absolute Gasteiger partial charge is 0.395 e. The van der Waals surface area contributed by atoms with Crippen molar-refractivity contribution in [2.24, 2.45) is 0 Å². The van der Waals surface area contributed by atoms with E-state index in [-0.39, 0.29) is 12.6 Å². The quantitative estimate of drug-likeness (QED) is 0.794. The molecular weight excluding hydrogens is 202 g/mol. The maximum absolute atomic E-state index is 9.08. The second-order valence-electron chi connectivity index (χ2n) is 3.87. The summed E-state index contributed by atoms with van der Waals surface area (Å²) in [5.74, 6) is 0. The summed E-state index contributed by atoms with van der Waals surface area (Å²) in [6.45, 7) is 2.98. The van der Waals surface area contributed by atoms with Crippen LogP contribution < -0.4 is 5.32 Å². The van der Waals surface area contributed by atoms with Crippen molar-refractivity contribution < 1.29 is 5.11 Å². The molecule has 0 aliphatic rings. The van der Waals surface area contributed by atoms with Gasteiger partial charge in [-0.1, -0.05) is 13.0 Å². The van der Waals surface area contributed by atoms with Crippen molar-refractivity contribution in [1.82, 2.24) is 14.9 Å². The van der Waals surface area contributed by atoms with E-state index in [9.17, 15) is 0 Å². The summed E-state index contributed by atoms with van der Waals surface area (Å²) in [7, 11) is 0. The van der Waals surface area contributed by atoms with E-state index < -0.39 is 0 Å². The normalized spacial score (nSPS) is 13.1. The van der Waals surface area contributed by atoms with Gasteiger partial charge in [0.05, 0.1) is 18.3 Å². The number of nitrogens with zero attached hydrogens (tertiary/aromatic N) is 2. The second-order valence-corrected chi connectivity index (χ2v) is 3.87. The Morgan fingerprint density at radius 1 is 1.50 bits per heavy atom. The highest BCUT2D eigenvalue weighted by Gasteiger charge is 2.06. The van der Waals surface area contributed by atoms with Crippen LogP contribution in [0.5, 0.6) is 0 Å². The predicted molar refractivity (Wildman–Crippen MR) is 63.2 cm³/mol. The zero-order valence-electron chi connectivity index (χ0n) is 9.43. The first kappa shape index (κ1) is 11.1. The van der Waals surface area contributed by atoms with Crippen LogP contribution in [0.2, 0.25) is 0 Å². The lowest BCUT2D eigenvalue weighted by molar-refractivity contribution is 0.238. The van der Waals surface area contributed by atoms with Gasteiger partial charge in [0, 0.05) is 24.3 Å². The Balaban J connectivity index is 2.09. The van der Waals surface area contributed by atoms with Gasteiger partial charge in [-0.15, -0.1) is 0 Å². The molecule has 1 atom stereocenters. The molecule has 0 saturated heterocycles. The van der Waals surface area contributed by atoms with Crippen LogP contribution in [-0.2, 0) is 6.54 Å². The van der Waals surface area contributed by atoms with Crippen molar-refractivity contribution in [2.45, 2.75) is 25.9 Å². The minimum atomic E-state index is 0.165. The molecule has 0 bridgehead atoms. The van der Waals surface area contributed by atoms with E-state index in [0.717, 1.165) is 24.0 Å². The van der Waals surface area contributed by atoms with Gasteiger partial charge >= 0.3 is 0 Å². The van der Waals surface area contributed by atoms with E-state index in [1.807, 2.05) is 35.1 Å². The average molecular weight is 219 g/mol. The zero-order chi connectivity index (χ0) is 11.4. The topological polar surface area (TPSA) is 49.6 Å². The molecule has 2 rings (SSSR count). The van der Waals surface area contributed by atoms with Gasteiger partial charge in [-0.05, 0) is 18.6 Å². The molecule has 0 saturated carbocycles. The standard InChI is InChI=1S/C12H17N3O/c1-2-11(9-16)13-7-10-8-14-15-6-4-3-5-12(10)15/h3-6,8,11,13,16H,2,7,9H2,1H3. The monoisotopic (exact) mass is 219 g/mol. The van der Waals surface area contributed by atoms with E-state index in [2.05, 4.69) is 17.3 Å². The Hall–Kier alpha value is -1.39. The lowest BCUT2D eigenvalue weighted by Gasteiger charge is -2.12. The molecule has 16 heavy (non-hydrogen) atoms. The van der Waals surface area contributed by atoms with Crippen LogP contribution in [0.4, 0.5) is 0 Å². The number of aliphatic hydroxyl groups excluding tert-OH is 1. The number of aliphatic hydroxyl groups is 1. The molecule has 0 spiro atoms. The summed E-state index contributed by atoms with van der Waals surface area (Å²) in [6, 6.07) is 6.17. The van der Waals surface area contributed by atoms with Gasteiger partial charge in [0.25, 0.3) is 0 Å². The van der Waals surface area contributed by atoms with Crippen LogP contribution in [-0.4, -0.2) is 27.4 Å².